The van der Waals surface area contributed by atoms with Gasteiger partial charge in [0.2, 0.25) is 0 Å². The minimum absolute atomic E-state index is 0.0570. The molecule has 114 valence electrons. The SMILES string of the molecule is CCCCCCC(C)Oc1cccc(F)c1C(C)NC. The minimum atomic E-state index is -0.206. The van der Waals surface area contributed by atoms with Gasteiger partial charge in [0, 0.05) is 11.6 Å². The predicted octanol–water partition coefficient (Wildman–Crippen LogP) is 4.84. The average Bonchev–Trinajstić information content (AvgIpc) is 2.43. The van der Waals surface area contributed by atoms with Crippen molar-refractivity contribution in [2.24, 2.45) is 0 Å². The van der Waals surface area contributed by atoms with Crippen LogP contribution in [0.2, 0.25) is 0 Å². The van der Waals surface area contributed by atoms with Crippen molar-refractivity contribution in [3.05, 3.63) is 29.6 Å². The molecule has 0 aromatic heterocycles. The highest BCUT2D eigenvalue weighted by Crippen LogP contribution is 2.29. The van der Waals surface area contributed by atoms with Gasteiger partial charge in [0.1, 0.15) is 11.6 Å². The maximum atomic E-state index is 14.0. The number of hydrogen-bond donors (Lipinski definition) is 1. The summed E-state index contributed by atoms with van der Waals surface area (Å²) in [7, 11) is 1.83. The van der Waals surface area contributed by atoms with Gasteiger partial charge >= 0.3 is 0 Å². The van der Waals surface area contributed by atoms with E-state index < -0.39 is 0 Å². The Balaban J connectivity index is 2.64. The second kappa shape index (κ2) is 8.96. The lowest BCUT2D eigenvalue weighted by Gasteiger charge is -2.21. The first-order valence-corrected chi connectivity index (χ1v) is 7.72. The van der Waals surface area contributed by atoms with Crippen LogP contribution in [0.25, 0.3) is 0 Å². The Morgan fingerprint density at radius 3 is 2.60 bits per heavy atom. The third-order valence-electron chi connectivity index (χ3n) is 3.67. The van der Waals surface area contributed by atoms with Gasteiger partial charge in [0.15, 0.2) is 0 Å². The van der Waals surface area contributed by atoms with Crippen molar-refractivity contribution in [1.29, 1.82) is 0 Å². The van der Waals surface area contributed by atoms with E-state index in [1.165, 1.54) is 31.7 Å². The first kappa shape index (κ1) is 17.0. The Kier molecular flexibility index (Phi) is 7.60. The molecule has 0 spiro atoms. The fraction of sp³-hybridized carbons (Fsp3) is 0.647. The fourth-order valence-corrected chi connectivity index (χ4v) is 2.32. The summed E-state index contributed by atoms with van der Waals surface area (Å²) < 4.78 is 19.9. The lowest BCUT2D eigenvalue weighted by molar-refractivity contribution is 0.202. The molecule has 1 rings (SSSR count). The van der Waals surface area contributed by atoms with E-state index in [0.717, 1.165) is 6.42 Å². The van der Waals surface area contributed by atoms with Gasteiger partial charge in [-0.2, -0.15) is 0 Å². The summed E-state index contributed by atoms with van der Waals surface area (Å²) in [6, 6.07) is 5.00. The van der Waals surface area contributed by atoms with Crippen LogP contribution in [0.5, 0.6) is 5.75 Å². The molecule has 20 heavy (non-hydrogen) atoms. The van der Waals surface area contributed by atoms with E-state index in [0.29, 0.717) is 11.3 Å². The standard InChI is InChI=1S/C17H28FNO/c1-5-6-7-8-10-13(2)20-16-12-9-11-15(18)17(16)14(3)19-4/h9,11-14,19H,5-8,10H2,1-4H3. The smallest absolute Gasteiger partial charge is 0.131 e. The molecule has 0 amide bonds. The highest BCUT2D eigenvalue weighted by molar-refractivity contribution is 5.37. The molecular weight excluding hydrogens is 253 g/mol. The van der Waals surface area contributed by atoms with Crippen LogP contribution >= 0.6 is 0 Å². The van der Waals surface area contributed by atoms with Gasteiger partial charge in [0.05, 0.1) is 6.10 Å². The summed E-state index contributed by atoms with van der Waals surface area (Å²) in [4.78, 5) is 0. The van der Waals surface area contributed by atoms with Gasteiger partial charge in [-0.05, 0) is 45.9 Å². The van der Waals surface area contributed by atoms with Crippen LogP contribution in [0.1, 0.15) is 64.5 Å². The largest absolute Gasteiger partial charge is 0.490 e. The zero-order valence-electron chi connectivity index (χ0n) is 13.2. The predicted molar refractivity (Wildman–Crippen MR) is 82.7 cm³/mol. The maximum Gasteiger partial charge on any atom is 0.131 e. The molecule has 2 atom stereocenters. The van der Waals surface area contributed by atoms with Gasteiger partial charge in [-0.25, -0.2) is 4.39 Å². The van der Waals surface area contributed by atoms with E-state index in [4.69, 9.17) is 4.74 Å². The zero-order valence-corrected chi connectivity index (χ0v) is 13.2. The van der Waals surface area contributed by atoms with Gasteiger partial charge in [-0.15, -0.1) is 0 Å². The quantitative estimate of drug-likeness (QED) is 0.654. The van der Waals surface area contributed by atoms with Gasteiger partial charge in [-0.1, -0.05) is 32.3 Å². The molecule has 2 nitrogen and oxygen atoms in total. The number of ether oxygens (including phenoxy) is 1. The number of benzene rings is 1. The molecule has 0 saturated heterocycles. The van der Waals surface area contributed by atoms with Crippen LogP contribution in [-0.4, -0.2) is 13.2 Å². The lowest BCUT2D eigenvalue weighted by Crippen LogP contribution is -2.18. The third-order valence-corrected chi connectivity index (χ3v) is 3.67. The Labute approximate surface area is 122 Å². The van der Waals surface area contributed by atoms with Crippen LogP contribution in [0, 0.1) is 5.82 Å². The van der Waals surface area contributed by atoms with Crippen molar-refractivity contribution in [3.8, 4) is 5.75 Å². The molecule has 0 saturated carbocycles. The van der Waals surface area contributed by atoms with Crippen LogP contribution in [0.4, 0.5) is 4.39 Å². The number of halogens is 1. The Bertz CT molecular complexity index is 395. The van der Waals surface area contributed by atoms with E-state index in [-0.39, 0.29) is 18.0 Å². The lowest BCUT2D eigenvalue weighted by atomic mass is 10.1. The minimum Gasteiger partial charge on any atom is -0.490 e. The summed E-state index contributed by atoms with van der Waals surface area (Å²) in [5.74, 6) is 0.456. The topological polar surface area (TPSA) is 21.3 Å². The van der Waals surface area contributed by atoms with E-state index in [9.17, 15) is 4.39 Å². The molecule has 0 aliphatic carbocycles. The molecule has 0 heterocycles. The average molecular weight is 281 g/mol. The van der Waals surface area contributed by atoms with Crippen molar-refractivity contribution < 1.29 is 9.13 Å². The fourth-order valence-electron chi connectivity index (χ4n) is 2.32. The highest BCUT2D eigenvalue weighted by atomic mass is 19.1. The number of unbranched alkanes of at least 4 members (excludes halogenated alkanes) is 3. The van der Waals surface area contributed by atoms with Crippen molar-refractivity contribution >= 4 is 0 Å². The summed E-state index contributed by atoms with van der Waals surface area (Å²) in [6.07, 6.45) is 6.06. The number of hydrogen-bond acceptors (Lipinski definition) is 2. The zero-order chi connectivity index (χ0) is 15.0. The molecule has 0 bridgehead atoms. The van der Waals surface area contributed by atoms with Crippen molar-refractivity contribution in [2.45, 2.75) is 65.0 Å². The molecule has 0 radical (unpaired) electrons. The monoisotopic (exact) mass is 281 g/mol. The molecule has 1 aromatic carbocycles. The van der Waals surface area contributed by atoms with Crippen molar-refractivity contribution in [2.75, 3.05) is 7.05 Å². The molecule has 1 aromatic rings. The summed E-state index contributed by atoms with van der Waals surface area (Å²) >= 11 is 0. The van der Waals surface area contributed by atoms with Crippen LogP contribution in [0.15, 0.2) is 18.2 Å². The van der Waals surface area contributed by atoms with E-state index in [1.54, 1.807) is 6.07 Å². The Morgan fingerprint density at radius 2 is 1.95 bits per heavy atom. The van der Waals surface area contributed by atoms with Crippen LogP contribution < -0.4 is 10.1 Å². The second-order valence-electron chi connectivity index (χ2n) is 5.44. The highest BCUT2D eigenvalue weighted by Gasteiger charge is 2.16. The van der Waals surface area contributed by atoms with E-state index in [1.807, 2.05) is 20.0 Å². The molecule has 0 aliphatic heterocycles. The first-order valence-electron chi connectivity index (χ1n) is 7.72. The van der Waals surface area contributed by atoms with Gasteiger partial charge < -0.3 is 10.1 Å². The Hall–Kier alpha value is -1.09. The number of nitrogens with one attached hydrogen (secondary N) is 1. The normalized spacial score (nSPS) is 14.1. The number of rotatable bonds is 9. The molecule has 3 heteroatoms. The van der Waals surface area contributed by atoms with Gasteiger partial charge in [0.25, 0.3) is 0 Å². The summed E-state index contributed by atoms with van der Waals surface area (Å²) in [5, 5.41) is 3.08. The Morgan fingerprint density at radius 1 is 1.20 bits per heavy atom. The van der Waals surface area contributed by atoms with E-state index >= 15 is 0 Å². The molecule has 0 fully saturated rings. The third kappa shape index (κ3) is 5.12. The molecule has 1 N–H and O–H groups in total. The van der Waals surface area contributed by atoms with E-state index in [2.05, 4.69) is 19.2 Å². The summed E-state index contributed by atoms with van der Waals surface area (Å²) in [5.41, 5.74) is 0.621. The maximum absolute atomic E-state index is 14.0. The van der Waals surface area contributed by atoms with Crippen LogP contribution in [-0.2, 0) is 0 Å². The second-order valence-corrected chi connectivity index (χ2v) is 5.44. The molecule has 2 unspecified atom stereocenters. The summed E-state index contributed by atoms with van der Waals surface area (Å²) in [6.45, 7) is 6.21. The van der Waals surface area contributed by atoms with Crippen LogP contribution in [0.3, 0.4) is 0 Å². The van der Waals surface area contributed by atoms with Crippen molar-refractivity contribution in [3.63, 3.8) is 0 Å². The molecular formula is C17H28FNO. The molecule has 0 aliphatic rings. The van der Waals surface area contributed by atoms with Crippen molar-refractivity contribution in [1.82, 2.24) is 5.32 Å². The van der Waals surface area contributed by atoms with Gasteiger partial charge in [-0.3, -0.25) is 0 Å². The first-order chi connectivity index (χ1) is 9.60.